The Morgan fingerprint density at radius 1 is 0.602 bits per heavy atom. The van der Waals surface area contributed by atoms with Gasteiger partial charge >= 0.3 is 0 Å². The SMILES string of the molecule is COc1ccc(Cn2nc(N[C@@H]3CCN(C(=O)/C=C/CN(C)C4CC4)C3)c3c(Oc4ccc(C(=O)Nc5ncc[nH]5)cc4)ccnc32)cc1.COc1ccc(Cn2nc(N[C@@H]3CCNC3)c3c(Oc4ccc(C(=O)Nc5ncc[nH]5)cc4)ccnc32)cc1. The summed E-state index contributed by atoms with van der Waals surface area (Å²) in [4.78, 5) is 65.4. The Kier molecular flexibility index (Phi) is 17.6. The zero-order valence-corrected chi connectivity index (χ0v) is 48.9. The molecule has 450 valence electrons. The van der Waals surface area contributed by atoms with Crippen molar-refractivity contribution in [2.45, 2.75) is 56.9 Å². The molecular weight excluding hydrogens is 1120 g/mol. The summed E-state index contributed by atoms with van der Waals surface area (Å²) in [6, 6.07) is 34.1. The summed E-state index contributed by atoms with van der Waals surface area (Å²) in [6.45, 7) is 4.85. The van der Waals surface area contributed by atoms with Crippen molar-refractivity contribution in [3.05, 3.63) is 181 Å². The third kappa shape index (κ3) is 14.0. The van der Waals surface area contributed by atoms with Crippen LogP contribution in [0.5, 0.6) is 34.5 Å². The predicted molar refractivity (Wildman–Crippen MR) is 334 cm³/mol. The number of methoxy groups -OCH3 is 2. The summed E-state index contributed by atoms with van der Waals surface area (Å²) in [6.07, 6.45) is 17.8. The number of ether oxygens (including phenoxy) is 4. The van der Waals surface area contributed by atoms with Crippen molar-refractivity contribution in [2.24, 2.45) is 0 Å². The van der Waals surface area contributed by atoms with Gasteiger partial charge < -0.3 is 49.8 Å². The van der Waals surface area contributed by atoms with Crippen LogP contribution in [0.1, 0.15) is 57.5 Å². The third-order valence-corrected chi connectivity index (χ3v) is 15.4. The van der Waals surface area contributed by atoms with Crippen LogP contribution in [0, 0.1) is 0 Å². The predicted octanol–water partition coefficient (Wildman–Crippen LogP) is 8.95. The van der Waals surface area contributed by atoms with Crippen LogP contribution in [0.4, 0.5) is 23.5 Å². The molecule has 0 unspecified atom stereocenters. The van der Waals surface area contributed by atoms with Crippen molar-refractivity contribution in [2.75, 3.05) is 75.3 Å². The van der Waals surface area contributed by atoms with Crippen molar-refractivity contribution < 1.29 is 33.3 Å². The zero-order valence-electron chi connectivity index (χ0n) is 48.9. The largest absolute Gasteiger partial charge is 0.497 e. The van der Waals surface area contributed by atoms with Crippen LogP contribution < -0.4 is 45.5 Å². The number of carbonyl (C=O) groups excluding carboxylic acids is 3. The maximum atomic E-state index is 13.0. The second-order valence-electron chi connectivity index (χ2n) is 21.6. The summed E-state index contributed by atoms with van der Waals surface area (Å²) in [5.74, 6) is 5.50. The van der Waals surface area contributed by atoms with E-state index in [0.29, 0.717) is 95.4 Å². The van der Waals surface area contributed by atoms with Crippen LogP contribution >= 0.6 is 0 Å². The van der Waals surface area contributed by atoms with E-state index >= 15 is 0 Å². The molecule has 8 heterocycles. The van der Waals surface area contributed by atoms with Crippen molar-refractivity contribution in [3.63, 3.8) is 0 Å². The van der Waals surface area contributed by atoms with Gasteiger partial charge in [-0.1, -0.05) is 30.3 Å². The maximum absolute atomic E-state index is 13.0. The van der Waals surface area contributed by atoms with Crippen molar-refractivity contribution in [1.82, 2.24) is 64.6 Å². The Bertz CT molecular complexity index is 4010. The summed E-state index contributed by atoms with van der Waals surface area (Å²) >= 11 is 0. The fourth-order valence-corrected chi connectivity index (χ4v) is 10.5. The molecule has 24 heteroatoms. The van der Waals surface area contributed by atoms with Crippen LogP contribution in [-0.2, 0) is 17.9 Å². The van der Waals surface area contributed by atoms with E-state index in [2.05, 4.69) is 63.5 Å². The Morgan fingerprint density at radius 3 is 1.56 bits per heavy atom. The third-order valence-electron chi connectivity index (χ3n) is 15.4. The van der Waals surface area contributed by atoms with Gasteiger partial charge in [0.05, 0.1) is 27.3 Å². The molecule has 6 aromatic heterocycles. The van der Waals surface area contributed by atoms with Gasteiger partial charge in [-0.3, -0.25) is 29.9 Å². The molecule has 2 saturated heterocycles. The number of hydrogen-bond acceptors (Lipinski definition) is 17. The van der Waals surface area contributed by atoms with E-state index in [0.717, 1.165) is 71.7 Å². The second-order valence-corrected chi connectivity index (χ2v) is 21.6. The number of nitrogens with one attached hydrogen (secondary N) is 7. The molecule has 0 spiro atoms. The van der Waals surface area contributed by atoms with Crippen LogP contribution in [0.25, 0.3) is 22.1 Å². The minimum Gasteiger partial charge on any atom is -0.497 e. The van der Waals surface area contributed by atoms with E-state index in [9.17, 15) is 14.4 Å². The number of likely N-dealkylation sites (N-methyl/N-ethyl adjacent to an activating group) is 1. The normalized spacial score (nSPS) is 15.5. The fraction of sp³-hybridized carbons (Fsp3) is 0.266. The number of anilines is 4. The number of benzene rings is 4. The molecule has 3 fully saturated rings. The lowest BCUT2D eigenvalue weighted by Gasteiger charge is -2.16. The quantitative estimate of drug-likeness (QED) is 0.0312. The Labute approximate surface area is 506 Å². The number of amides is 3. The first-order valence-electron chi connectivity index (χ1n) is 29.1. The number of nitrogens with zero attached hydrogens (tertiary/aromatic N) is 10. The highest BCUT2D eigenvalue weighted by Crippen LogP contribution is 2.37. The number of hydrogen-bond donors (Lipinski definition) is 7. The van der Waals surface area contributed by atoms with Crippen LogP contribution in [-0.4, -0.2) is 149 Å². The van der Waals surface area contributed by atoms with Gasteiger partial charge in [0.25, 0.3) is 11.8 Å². The van der Waals surface area contributed by atoms with Gasteiger partial charge in [-0.05, 0) is 123 Å². The Morgan fingerprint density at radius 2 is 1.10 bits per heavy atom. The topological polar surface area (TPSA) is 274 Å². The number of aromatic amines is 2. The molecule has 24 nitrogen and oxygen atoms in total. The molecule has 1 saturated carbocycles. The number of likely N-dealkylation sites (tertiary alicyclic amines) is 1. The van der Waals surface area contributed by atoms with E-state index in [1.165, 1.54) is 12.8 Å². The first-order valence-corrected chi connectivity index (χ1v) is 29.1. The molecule has 1 aliphatic carbocycles. The molecule has 0 radical (unpaired) electrons. The average molecular weight is 1190 g/mol. The molecule has 2 atom stereocenters. The van der Waals surface area contributed by atoms with Crippen molar-refractivity contribution in [3.8, 4) is 34.5 Å². The minimum absolute atomic E-state index is 0.000891. The molecule has 7 N–H and O–H groups in total. The number of pyridine rings is 2. The molecule has 10 aromatic rings. The molecule has 88 heavy (non-hydrogen) atoms. The lowest BCUT2D eigenvalue weighted by molar-refractivity contribution is -0.125. The molecular formula is C64H67N17O7. The number of fused-ring (bicyclic) bond motifs is 2. The maximum Gasteiger partial charge on any atom is 0.257 e. The van der Waals surface area contributed by atoms with Gasteiger partial charge in [0, 0.05) is 111 Å². The molecule has 3 aliphatic rings. The second kappa shape index (κ2) is 26.8. The van der Waals surface area contributed by atoms with E-state index < -0.39 is 0 Å². The molecule has 4 aromatic carbocycles. The Hall–Kier alpha value is -10.6. The molecule has 3 amide bonds. The standard InChI is InChI=1S/C36H39N9O4.C28H28N8O3/c1-43(27-9-10-27)20-3-4-31(46)44-21-16-26(23-44)40-33-32-30(49-29-13-7-25(8-14-29)35(47)41-36-38-18-19-39-36)15-17-37-34(32)45(42-33)22-24-5-11-28(48-2)12-6-24;1-38-21-6-2-18(3-7-21)17-36-26-24(25(35-36)33-20-10-12-29-16-20)23(11-13-30-26)39-22-8-4-19(5-9-22)27(37)34-28-31-14-15-32-28/h3-8,11-15,17-19,26-27H,9-10,16,20-23H2,1-2H3,(H,40,42)(H2,38,39,41,47);2-9,11,13-15,20,29H,10,12,16-17H2,1H3,(H,33,35)(H2,31,32,34,37)/b4-3+;/t26-;20-/m11/s1. The Balaban J connectivity index is 0.000000176. The van der Waals surface area contributed by atoms with E-state index in [-0.39, 0.29) is 29.8 Å². The van der Waals surface area contributed by atoms with Gasteiger partial charge in [-0.2, -0.15) is 10.2 Å². The first kappa shape index (κ1) is 57.8. The van der Waals surface area contributed by atoms with E-state index in [1.54, 1.807) is 112 Å². The van der Waals surface area contributed by atoms with Crippen LogP contribution in [0.3, 0.4) is 0 Å². The minimum atomic E-state index is -0.288. The van der Waals surface area contributed by atoms with E-state index in [1.807, 2.05) is 74.9 Å². The van der Waals surface area contributed by atoms with Crippen molar-refractivity contribution >= 4 is 63.3 Å². The fourth-order valence-electron chi connectivity index (χ4n) is 10.5. The summed E-state index contributed by atoms with van der Waals surface area (Å²) < 4.78 is 27.1. The number of H-pyrrole nitrogens is 2. The lowest BCUT2D eigenvalue weighted by Crippen LogP contribution is -2.30. The number of aromatic nitrogens is 10. The number of rotatable bonds is 22. The van der Waals surface area contributed by atoms with Crippen LogP contribution in [0.15, 0.2) is 159 Å². The zero-order chi connectivity index (χ0) is 60.3. The number of carbonyl (C=O) groups is 3. The molecule has 13 rings (SSSR count). The molecule has 2 aliphatic heterocycles. The summed E-state index contributed by atoms with van der Waals surface area (Å²) in [7, 11) is 5.40. The van der Waals surface area contributed by atoms with Crippen LogP contribution in [0.2, 0.25) is 0 Å². The monoisotopic (exact) mass is 1190 g/mol. The van der Waals surface area contributed by atoms with Gasteiger partial charge in [0.1, 0.15) is 45.3 Å². The van der Waals surface area contributed by atoms with Gasteiger partial charge in [0.2, 0.25) is 17.8 Å². The van der Waals surface area contributed by atoms with Gasteiger partial charge in [0.15, 0.2) is 22.9 Å². The average Bonchev–Trinajstić information content (AvgIpc) is 3.45. The molecule has 0 bridgehead atoms. The van der Waals surface area contributed by atoms with Gasteiger partial charge in [-0.15, -0.1) is 0 Å². The highest BCUT2D eigenvalue weighted by atomic mass is 16.5. The highest BCUT2D eigenvalue weighted by molar-refractivity contribution is 6.04. The summed E-state index contributed by atoms with van der Waals surface area (Å²) in [5, 5.41) is 27.4. The smallest absolute Gasteiger partial charge is 0.257 e. The van der Waals surface area contributed by atoms with E-state index in [4.69, 9.17) is 34.1 Å². The van der Waals surface area contributed by atoms with Crippen molar-refractivity contribution in [1.29, 1.82) is 0 Å². The summed E-state index contributed by atoms with van der Waals surface area (Å²) in [5.41, 5.74) is 4.42. The highest BCUT2D eigenvalue weighted by Gasteiger charge is 2.29. The van der Waals surface area contributed by atoms with Gasteiger partial charge in [-0.25, -0.2) is 29.3 Å². The lowest BCUT2D eigenvalue weighted by atomic mass is 10.2. The number of imidazole rings is 2. The first-order chi connectivity index (χ1) is 43.1.